The van der Waals surface area contributed by atoms with Gasteiger partial charge >= 0.3 is 0 Å². The minimum atomic E-state index is -0.344. The highest BCUT2D eigenvalue weighted by Crippen LogP contribution is 2.25. The maximum atomic E-state index is 13.3. The standard InChI is InChI=1S/C14H18FNO/c1-4-6-7-13(16-5-2)11-8-9-12(15)14(10-11)17-3/h1,8-10,13,16H,5-7H2,2-3H3. The maximum Gasteiger partial charge on any atom is 0.165 e. The fourth-order valence-corrected chi connectivity index (χ4v) is 1.75. The zero-order valence-corrected chi connectivity index (χ0v) is 10.3. The van der Waals surface area contributed by atoms with Crippen LogP contribution in [0.15, 0.2) is 18.2 Å². The molecule has 1 rings (SSSR count). The topological polar surface area (TPSA) is 21.3 Å². The van der Waals surface area contributed by atoms with Crippen molar-refractivity contribution in [2.75, 3.05) is 13.7 Å². The van der Waals surface area contributed by atoms with Crippen molar-refractivity contribution in [1.29, 1.82) is 0 Å². The second-order valence-electron chi connectivity index (χ2n) is 3.75. The van der Waals surface area contributed by atoms with Crippen LogP contribution in [0.2, 0.25) is 0 Å². The van der Waals surface area contributed by atoms with Crippen LogP contribution in [0.1, 0.15) is 31.4 Å². The third-order valence-corrected chi connectivity index (χ3v) is 2.61. The van der Waals surface area contributed by atoms with E-state index >= 15 is 0 Å². The number of ether oxygens (including phenoxy) is 1. The first kappa shape index (κ1) is 13.5. The van der Waals surface area contributed by atoms with E-state index in [0.29, 0.717) is 6.42 Å². The van der Waals surface area contributed by atoms with Crippen LogP contribution in [-0.4, -0.2) is 13.7 Å². The van der Waals surface area contributed by atoms with Crippen molar-refractivity contribution in [3.8, 4) is 18.1 Å². The molecule has 0 amide bonds. The highest BCUT2D eigenvalue weighted by molar-refractivity contribution is 5.32. The van der Waals surface area contributed by atoms with E-state index in [9.17, 15) is 4.39 Å². The van der Waals surface area contributed by atoms with Crippen LogP contribution in [0.4, 0.5) is 4.39 Å². The summed E-state index contributed by atoms with van der Waals surface area (Å²) in [5, 5.41) is 3.33. The van der Waals surface area contributed by atoms with Crippen LogP contribution < -0.4 is 10.1 Å². The quantitative estimate of drug-likeness (QED) is 0.765. The summed E-state index contributed by atoms with van der Waals surface area (Å²) in [5.74, 6) is 2.55. The van der Waals surface area contributed by atoms with Gasteiger partial charge in [0.15, 0.2) is 11.6 Å². The van der Waals surface area contributed by atoms with Crippen molar-refractivity contribution < 1.29 is 9.13 Å². The van der Waals surface area contributed by atoms with E-state index in [1.807, 2.05) is 6.92 Å². The molecule has 2 nitrogen and oxygen atoms in total. The Hall–Kier alpha value is -1.53. The van der Waals surface area contributed by atoms with Crippen molar-refractivity contribution in [3.63, 3.8) is 0 Å². The SMILES string of the molecule is C#CCCC(NCC)c1ccc(F)c(OC)c1. The first-order chi connectivity index (χ1) is 8.22. The molecule has 0 bridgehead atoms. The predicted molar refractivity (Wildman–Crippen MR) is 67.4 cm³/mol. The summed E-state index contributed by atoms with van der Waals surface area (Å²) in [7, 11) is 1.46. The van der Waals surface area contributed by atoms with E-state index in [1.54, 1.807) is 12.1 Å². The Balaban J connectivity index is 2.89. The van der Waals surface area contributed by atoms with Gasteiger partial charge in [-0.1, -0.05) is 13.0 Å². The lowest BCUT2D eigenvalue weighted by atomic mass is 10.0. The maximum absolute atomic E-state index is 13.3. The fraction of sp³-hybridized carbons (Fsp3) is 0.429. The van der Waals surface area contributed by atoms with E-state index < -0.39 is 0 Å². The molecule has 0 aliphatic carbocycles. The molecule has 0 saturated heterocycles. The molecule has 1 atom stereocenters. The molecule has 0 aromatic heterocycles. The van der Waals surface area contributed by atoms with E-state index in [2.05, 4.69) is 11.2 Å². The van der Waals surface area contributed by atoms with Crippen LogP contribution >= 0.6 is 0 Å². The van der Waals surface area contributed by atoms with Gasteiger partial charge in [-0.15, -0.1) is 12.3 Å². The number of hydrogen-bond acceptors (Lipinski definition) is 2. The van der Waals surface area contributed by atoms with Gasteiger partial charge in [-0.25, -0.2) is 4.39 Å². The molecule has 0 fully saturated rings. The number of methoxy groups -OCH3 is 1. The van der Waals surface area contributed by atoms with Gasteiger partial charge in [0.1, 0.15) is 0 Å². The Morgan fingerprint density at radius 1 is 1.53 bits per heavy atom. The number of rotatable bonds is 6. The molecule has 0 saturated carbocycles. The van der Waals surface area contributed by atoms with Gasteiger partial charge < -0.3 is 10.1 Å². The number of halogens is 1. The summed E-state index contributed by atoms with van der Waals surface area (Å²) in [6.45, 7) is 2.87. The van der Waals surface area contributed by atoms with Gasteiger partial charge in [0.05, 0.1) is 7.11 Å². The molecule has 1 aromatic carbocycles. The molecule has 92 valence electrons. The van der Waals surface area contributed by atoms with E-state index in [-0.39, 0.29) is 17.6 Å². The van der Waals surface area contributed by atoms with E-state index in [4.69, 9.17) is 11.2 Å². The van der Waals surface area contributed by atoms with Crippen LogP contribution in [0.3, 0.4) is 0 Å². The van der Waals surface area contributed by atoms with Crippen molar-refractivity contribution in [3.05, 3.63) is 29.6 Å². The zero-order valence-electron chi connectivity index (χ0n) is 10.3. The van der Waals surface area contributed by atoms with Crippen LogP contribution in [0.25, 0.3) is 0 Å². The third kappa shape index (κ3) is 3.76. The Bertz CT molecular complexity index is 398. The summed E-state index contributed by atoms with van der Waals surface area (Å²) >= 11 is 0. The highest BCUT2D eigenvalue weighted by Gasteiger charge is 2.12. The van der Waals surface area contributed by atoms with Crippen molar-refractivity contribution >= 4 is 0 Å². The monoisotopic (exact) mass is 235 g/mol. The second-order valence-corrected chi connectivity index (χ2v) is 3.75. The second kappa shape index (κ2) is 6.93. The molecule has 0 aliphatic heterocycles. The van der Waals surface area contributed by atoms with Gasteiger partial charge in [0.2, 0.25) is 0 Å². The van der Waals surface area contributed by atoms with Crippen LogP contribution in [0.5, 0.6) is 5.75 Å². The molecule has 17 heavy (non-hydrogen) atoms. The molecule has 0 radical (unpaired) electrons. The minimum absolute atomic E-state index is 0.144. The smallest absolute Gasteiger partial charge is 0.165 e. The van der Waals surface area contributed by atoms with Crippen molar-refractivity contribution in [2.24, 2.45) is 0 Å². The van der Waals surface area contributed by atoms with Gasteiger partial charge in [-0.2, -0.15) is 0 Å². The Morgan fingerprint density at radius 3 is 2.88 bits per heavy atom. The molecule has 1 unspecified atom stereocenters. The predicted octanol–water partition coefficient (Wildman–Crippen LogP) is 2.90. The molecular formula is C14H18FNO. The van der Waals surface area contributed by atoms with Crippen molar-refractivity contribution in [2.45, 2.75) is 25.8 Å². The average molecular weight is 235 g/mol. The molecule has 0 spiro atoms. The Kier molecular flexibility index (Phi) is 5.51. The molecular weight excluding hydrogens is 217 g/mol. The van der Waals surface area contributed by atoms with Gasteiger partial charge in [-0.05, 0) is 30.7 Å². The Labute approximate surface area is 102 Å². The zero-order chi connectivity index (χ0) is 12.7. The molecule has 3 heteroatoms. The largest absolute Gasteiger partial charge is 0.494 e. The number of benzene rings is 1. The fourth-order valence-electron chi connectivity index (χ4n) is 1.75. The summed E-state index contributed by atoms with van der Waals surface area (Å²) in [6, 6.07) is 5.06. The number of nitrogens with one attached hydrogen (secondary N) is 1. The lowest BCUT2D eigenvalue weighted by molar-refractivity contribution is 0.384. The molecule has 0 heterocycles. The van der Waals surface area contributed by atoms with Crippen molar-refractivity contribution in [1.82, 2.24) is 5.32 Å². The summed E-state index contributed by atoms with van der Waals surface area (Å²) in [4.78, 5) is 0. The molecule has 0 aliphatic rings. The summed E-state index contributed by atoms with van der Waals surface area (Å²) in [6.07, 6.45) is 6.79. The molecule has 1 aromatic rings. The van der Waals surface area contributed by atoms with Crippen LogP contribution in [-0.2, 0) is 0 Å². The normalized spacial score (nSPS) is 11.9. The first-order valence-corrected chi connectivity index (χ1v) is 5.73. The summed E-state index contributed by atoms with van der Waals surface area (Å²) < 4.78 is 18.3. The van der Waals surface area contributed by atoms with Gasteiger partial charge in [0.25, 0.3) is 0 Å². The lowest BCUT2D eigenvalue weighted by Gasteiger charge is -2.18. The average Bonchev–Trinajstić information content (AvgIpc) is 2.35. The lowest BCUT2D eigenvalue weighted by Crippen LogP contribution is -2.20. The summed E-state index contributed by atoms with van der Waals surface area (Å²) in [5.41, 5.74) is 1.00. The first-order valence-electron chi connectivity index (χ1n) is 5.73. The van der Waals surface area contributed by atoms with Crippen LogP contribution in [0, 0.1) is 18.2 Å². The minimum Gasteiger partial charge on any atom is -0.494 e. The van der Waals surface area contributed by atoms with Gasteiger partial charge in [-0.3, -0.25) is 0 Å². The van der Waals surface area contributed by atoms with Gasteiger partial charge in [0, 0.05) is 12.5 Å². The highest BCUT2D eigenvalue weighted by atomic mass is 19.1. The third-order valence-electron chi connectivity index (χ3n) is 2.61. The number of hydrogen-bond donors (Lipinski definition) is 1. The number of terminal acetylenes is 1. The van der Waals surface area contributed by atoms with E-state index in [1.165, 1.54) is 13.2 Å². The Morgan fingerprint density at radius 2 is 2.29 bits per heavy atom. The molecule has 1 N–H and O–H groups in total. The van der Waals surface area contributed by atoms with E-state index in [0.717, 1.165) is 18.5 Å².